The molecule has 0 aliphatic carbocycles. The fourth-order valence-electron chi connectivity index (χ4n) is 6.51. The van der Waals surface area contributed by atoms with Crippen molar-refractivity contribution in [1.82, 2.24) is 0 Å². The van der Waals surface area contributed by atoms with Gasteiger partial charge in [-0.25, -0.2) is 0 Å². The van der Waals surface area contributed by atoms with Gasteiger partial charge in [0, 0.05) is 10.3 Å². The number of hydrogen-bond donors (Lipinski definition) is 0. The zero-order valence-electron chi connectivity index (χ0n) is 14.9. The van der Waals surface area contributed by atoms with Gasteiger partial charge in [-0.15, -0.1) is 17.2 Å². The van der Waals surface area contributed by atoms with Crippen LogP contribution in [0.3, 0.4) is 0 Å². The van der Waals surface area contributed by atoms with Crippen molar-refractivity contribution in [1.29, 1.82) is 0 Å². The van der Waals surface area contributed by atoms with Gasteiger partial charge in [-0.05, 0) is 73.8 Å². The van der Waals surface area contributed by atoms with Crippen LogP contribution in [0.1, 0.15) is 88.2 Å². The lowest BCUT2D eigenvalue weighted by molar-refractivity contribution is 0.363. The molecule has 4 fully saturated rings. The second kappa shape index (κ2) is 6.35. The van der Waals surface area contributed by atoms with E-state index in [0.717, 1.165) is 11.3 Å². The number of benzene rings is 1. The fraction of sp³-hybridized carbons (Fsp3) is 0.727. The van der Waals surface area contributed by atoms with E-state index < -0.39 is 0 Å². The van der Waals surface area contributed by atoms with Crippen LogP contribution in [0.2, 0.25) is 0 Å². The second-order valence-corrected chi connectivity index (χ2v) is 13.1. The molecule has 1 aromatic carbocycles. The number of hydrogen-bond acceptors (Lipinski definition) is 0. The minimum Gasteiger partial charge on any atom is -0.108 e. The maximum atomic E-state index is 2.58. The highest BCUT2D eigenvalue weighted by Crippen LogP contribution is 2.65. The van der Waals surface area contributed by atoms with E-state index in [1.165, 1.54) is 94.2 Å². The molecule has 4 bridgehead atoms. The maximum absolute atomic E-state index is 2.58. The first-order valence-electron chi connectivity index (χ1n) is 10.5. The van der Waals surface area contributed by atoms with E-state index in [1.807, 2.05) is 11.1 Å². The van der Waals surface area contributed by atoms with Crippen LogP contribution in [0.5, 0.6) is 0 Å². The summed E-state index contributed by atoms with van der Waals surface area (Å²) in [6.07, 6.45) is 18.0. The molecule has 4 aliphatic heterocycles. The van der Waals surface area contributed by atoms with Crippen LogP contribution < -0.4 is 0 Å². The van der Waals surface area contributed by atoms with Gasteiger partial charge in [-0.3, -0.25) is 0 Å². The SMILES string of the molecule is c1ccc(C23CCCC(CCC2)P3)c(C23CCCC(CCC2)P3)c1. The van der Waals surface area contributed by atoms with Gasteiger partial charge in [0.05, 0.1) is 0 Å². The Balaban J connectivity index is 1.58. The van der Waals surface area contributed by atoms with Crippen molar-refractivity contribution in [2.45, 2.75) is 98.7 Å². The van der Waals surface area contributed by atoms with Crippen LogP contribution >= 0.6 is 17.2 Å². The first-order chi connectivity index (χ1) is 11.8. The van der Waals surface area contributed by atoms with Crippen molar-refractivity contribution in [2.24, 2.45) is 0 Å². The lowest BCUT2D eigenvalue weighted by Gasteiger charge is -2.51. The van der Waals surface area contributed by atoms with Crippen molar-refractivity contribution in [2.75, 3.05) is 0 Å². The lowest BCUT2D eigenvalue weighted by Crippen LogP contribution is -2.37. The Morgan fingerprint density at radius 2 is 1.00 bits per heavy atom. The Kier molecular flexibility index (Phi) is 4.31. The highest BCUT2D eigenvalue weighted by molar-refractivity contribution is 7.41. The summed E-state index contributed by atoms with van der Waals surface area (Å²) in [6, 6.07) is 9.87. The normalized spacial score (nSPS) is 43.8. The van der Waals surface area contributed by atoms with Gasteiger partial charge in [-0.1, -0.05) is 49.9 Å². The van der Waals surface area contributed by atoms with Gasteiger partial charge in [0.2, 0.25) is 0 Å². The Morgan fingerprint density at radius 3 is 1.38 bits per heavy atom. The molecule has 5 rings (SSSR count). The summed E-state index contributed by atoms with van der Waals surface area (Å²) in [5, 5.41) is 1.17. The van der Waals surface area contributed by atoms with Crippen LogP contribution in [0.4, 0.5) is 0 Å². The molecule has 0 nitrogen and oxygen atoms in total. The second-order valence-electron chi connectivity index (χ2n) is 8.96. The van der Waals surface area contributed by atoms with Crippen LogP contribution in [0.25, 0.3) is 0 Å². The average molecular weight is 358 g/mol. The molecule has 0 radical (unpaired) electrons. The summed E-state index contributed by atoms with van der Waals surface area (Å²) in [7, 11) is 2.43. The minimum atomic E-state index is 0.585. The summed E-state index contributed by atoms with van der Waals surface area (Å²) in [4.78, 5) is 0. The summed E-state index contributed by atoms with van der Waals surface area (Å²) >= 11 is 0. The van der Waals surface area contributed by atoms with Gasteiger partial charge < -0.3 is 0 Å². The predicted octanol–water partition coefficient (Wildman–Crippen LogP) is 6.91. The van der Waals surface area contributed by atoms with E-state index in [1.54, 1.807) is 0 Å². The molecular formula is C22H32P2. The van der Waals surface area contributed by atoms with Gasteiger partial charge in [-0.2, -0.15) is 0 Å². The Hall–Kier alpha value is 0.0800. The van der Waals surface area contributed by atoms with E-state index in [0.29, 0.717) is 10.3 Å². The van der Waals surface area contributed by atoms with Gasteiger partial charge in [0.25, 0.3) is 0 Å². The van der Waals surface area contributed by atoms with E-state index in [2.05, 4.69) is 24.3 Å². The lowest BCUT2D eigenvalue weighted by atomic mass is 9.75. The molecule has 24 heavy (non-hydrogen) atoms. The molecule has 0 N–H and O–H groups in total. The summed E-state index contributed by atoms with van der Waals surface area (Å²) < 4.78 is 0. The van der Waals surface area contributed by atoms with Crippen LogP contribution in [0, 0.1) is 0 Å². The largest absolute Gasteiger partial charge is 0.108 e. The molecule has 4 saturated heterocycles. The van der Waals surface area contributed by atoms with Crippen molar-refractivity contribution >= 4 is 17.2 Å². The minimum absolute atomic E-state index is 0.585. The zero-order chi connectivity index (χ0) is 16.0. The maximum Gasteiger partial charge on any atom is 0.0132 e. The molecule has 4 heterocycles. The average Bonchev–Trinajstić information content (AvgIpc) is 2.62. The van der Waals surface area contributed by atoms with Crippen LogP contribution in [-0.4, -0.2) is 11.3 Å². The van der Waals surface area contributed by atoms with Crippen LogP contribution in [-0.2, 0) is 10.3 Å². The Bertz CT molecular complexity index is 535. The Morgan fingerprint density at radius 1 is 0.625 bits per heavy atom. The standard InChI is InChI=1S/C22H32P2/c1-2-12-20(22-15-5-9-18(24-22)10-6-16-22)19(11-1)21-13-3-7-17(23-21)8-4-14-21/h1-2,11-12,17-18,23-24H,3-10,13-16H2. The highest BCUT2D eigenvalue weighted by atomic mass is 31.1. The Labute approximate surface area is 151 Å². The van der Waals surface area contributed by atoms with E-state index in [4.69, 9.17) is 0 Å². The molecule has 130 valence electrons. The van der Waals surface area contributed by atoms with E-state index in [-0.39, 0.29) is 0 Å². The molecule has 0 saturated carbocycles. The summed E-state index contributed by atoms with van der Waals surface area (Å²) in [5.74, 6) is 0. The number of fused-ring (bicyclic) bond motifs is 4. The van der Waals surface area contributed by atoms with Gasteiger partial charge >= 0.3 is 0 Å². The fourth-order valence-corrected chi connectivity index (χ4v) is 11.5. The first kappa shape index (κ1) is 16.3. The van der Waals surface area contributed by atoms with E-state index >= 15 is 0 Å². The third kappa shape index (κ3) is 2.63. The third-order valence-electron chi connectivity index (χ3n) is 7.54. The quantitative estimate of drug-likeness (QED) is 0.504. The summed E-state index contributed by atoms with van der Waals surface area (Å²) in [5.41, 5.74) is 5.79. The molecule has 2 heteroatoms. The molecule has 0 amide bonds. The zero-order valence-corrected chi connectivity index (χ0v) is 16.9. The van der Waals surface area contributed by atoms with Gasteiger partial charge in [0.15, 0.2) is 0 Å². The first-order valence-corrected chi connectivity index (χ1v) is 12.6. The molecule has 2 unspecified atom stereocenters. The van der Waals surface area contributed by atoms with Crippen molar-refractivity contribution in [3.8, 4) is 0 Å². The molecule has 4 aliphatic rings. The van der Waals surface area contributed by atoms with Crippen molar-refractivity contribution < 1.29 is 0 Å². The van der Waals surface area contributed by atoms with Crippen LogP contribution in [0.15, 0.2) is 24.3 Å². The molecule has 2 atom stereocenters. The van der Waals surface area contributed by atoms with Crippen molar-refractivity contribution in [3.63, 3.8) is 0 Å². The van der Waals surface area contributed by atoms with E-state index in [9.17, 15) is 0 Å². The topological polar surface area (TPSA) is 0 Å². The smallest absolute Gasteiger partial charge is 0.0132 e. The number of rotatable bonds is 2. The van der Waals surface area contributed by atoms with Gasteiger partial charge in [0.1, 0.15) is 0 Å². The molecule has 0 aromatic heterocycles. The molecule has 1 aromatic rings. The van der Waals surface area contributed by atoms with Crippen molar-refractivity contribution in [3.05, 3.63) is 35.4 Å². The monoisotopic (exact) mass is 358 g/mol. The predicted molar refractivity (Wildman–Crippen MR) is 109 cm³/mol. The highest BCUT2D eigenvalue weighted by Gasteiger charge is 2.47. The summed E-state index contributed by atoms with van der Waals surface area (Å²) in [6.45, 7) is 0. The molecule has 0 spiro atoms. The molecular weight excluding hydrogens is 326 g/mol. The third-order valence-corrected chi connectivity index (χ3v) is 12.2.